The number of aliphatic hydroxyl groups excluding tert-OH is 1. The summed E-state index contributed by atoms with van der Waals surface area (Å²) in [4.78, 5) is 10.1. The smallest absolute Gasteiger partial charge is 0.330 e. The first-order valence-corrected chi connectivity index (χ1v) is 3.13. The van der Waals surface area contributed by atoms with Crippen LogP contribution in [0.2, 0.25) is 0 Å². The molecule has 0 bridgehead atoms. The maximum Gasteiger partial charge on any atom is 0.330 e. The molecule has 0 unspecified atom stereocenters. The number of aliphatic hydroxyl groups is 1. The van der Waals surface area contributed by atoms with Crippen LogP contribution in [0.15, 0.2) is 12.2 Å². The van der Waals surface area contributed by atoms with Gasteiger partial charge < -0.3 is 10.2 Å². The molecule has 0 aliphatic heterocycles. The Kier molecular flexibility index (Phi) is 3.72. The maximum absolute atomic E-state index is 10.1. The lowest BCUT2D eigenvalue weighted by atomic mass is 10.1. The predicted molar refractivity (Wildman–Crippen MR) is 37.7 cm³/mol. The van der Waals surface area contributed by atoms with E-state index in [1.165, 1.54) is 0 Å². The summed E-state index contributed by atoms with van der Waals surface area (Å²) < 4.78 is 0. The minimum atomic E-state index is -0.986. The summed E-state index contributed by atoms with van der Waals surface area (Å²) in [5, 5.41) is 17.1. The van der Waals surface area contributed by atoms with Crippen LogP contribution in [-0.2, 0) is 4.79 Å². The SMILES string of the molecule is C=C(CC[C@@H](C)O)C(=O)O. The van der Waals surface area contributed by atoms with Gasteiger partial charge in [-0.3, -0.25) is 0 Å². The molecule has 0 aliphatic carbocycles. The van der Waals surface area contributed by atoms with E-state index in [-0.39, 0.29) is 5.57 Å². The molecule has 0 fully saturated rings. The Morgan fingerprint density at radius 2 is 2.20 bits per heavy atom. The summed E-state index contributed by atoms with van der Waals surface area (Å²) in [6.07, 6.45) is 0.370. The molecular weight excluding hydrogens is 132 g/mol. The van der Waals surface area contributed by atoms with E-state index in [1.54, 1.807) is 6.92 Å². The van der Waals surface area contributed by atoms with Crippen LogP contribution in [-0.4, -0.2) is 22.3 Å². The minimum Gasteiger partial charge on any atom is -0.478 e. The molecule has 10 heavy (non-hydrogen) atoms. The third-order valence-corrected chi connectivity index (χ3v) is 1.17. The monoisotopic (exact) mass is 144 g/mol. The Morgan fingerprint density at radius 3 is 2.50 bits per heavy atom. The molecule has 0 saturated carbocycles. The van der Waals surface area contributed by atoms with Crippen LogP contribution in [0.4, 0.5) is 0 Å². The quantitative estimate of drug-likeness (QED) is 0.573. The molecule has 0 aromatic rings. The number of hydrogen-bond donors (Lipinski definition) is 2. The van der Waals surface area contributed by atoms with Gasteiger partial charge in [0.15, 0.2) is 0 Å². The summed E-state index contributed by atoms with van der Waals surface area (Å²) in [6, 6.07) is 0. The summed E-state index contributed by atoms with van der Waals surface area (Å²) in [5.74, 6) is -0.986. The van der Waals surface area contributed by atoms with Gasteiger partial charge in [-0.15, -0.1) is 0 Å². The topological polar surface area (TPSA) is 57.5 Å². The Labute approximate surface area is 60.0 Å². The lowest BCUT2D eigenvalue weighted by Gasteiger charge is -2.01. The van der Waals surface area contributed by atoms with E-state index >= 15 is 0 Å². The van der Waals surface area contributed by atoms with E-state index in [0.717, 1.165) is 0 Å². The second kappa shape index (κ2) is 4.06. The molecule has 1 atom stereocenters. The van der Waals surface area contributed by atoms with E-state index in [9.17, 15) is 4.79 Å². The van der Waals surface area contributed by atoms with Gasteiger partial charge in [0.05, 0.1) is 6.10 Å². The van der Waals surface area contributed by atoms with Crippen molar-refractivity contribution in [2.45, 2.75) is 25.9 Å². The molecule has 0 aromatic heterocycles. The van der Waals surface area contributed by atoms with Gasteiger partial charge in [0.1, 0.15) is 0 Å². The Balaban J connectivity index is 3.50. The van der Waals surface area contributed by atoms with Crippen molar-refractivity contribution in [3.05, 3.63) is 12.2 Å². The third kappa shape index (κ3) is 4.09. The van der Waals surface area contributed by atoms with Gasteiger partial charge in [-0.1, -0.05) is 6.58 Å². The van der Waals surface area contributed by atoms with Gasteiger partial charge in [0, 0.05) is 5.57 Å². The molecule has 0 amide bonds. The molecule has 3 heteroatoms. The van der Waals surface area contributed by atoms with E-state index < -0.39 is 12.1 Å². The fraction of sp³-hybridized carbons (Fsp3) is 0.571. The van der Waals surface area contributed by atoms with Crippen LogP contribution in [0, 0.1) is 0 Å². The standard InChI is InChI=1S/C7H12O3/c1-5(7(9)10)3-4-6(2)8/h6,8H,1,3-4H2,2H3,(H,9,10)/t6-/m1/s1. The highest BCUT2D eigenvalue weighted by Gasteiger charge is 2.04. The number of rotatable bonds is 4. The minimum absolute atomic E-state index is 0.154. The van der Waals surface area contributed by atoms with Gasteiger partial charge in [0.2, 0.25) is 0 Å². The first-order valence-electron chi connectivity index (χ1n) is 3.13. The van der Waals surface area contributed by atoms with Crippen LogP contribution in [0.1, 0.15) is 19.8 Å². The van der Waals surface area contributed by atoms with Gasteiger partial charge in [0.25, 0.3) is 0 Å². The third-order valence-electron chi connectivity index (χ3n) is 1.17. The van der Waals surface area contributed by atoms with Crippen molar-refractivity contribution in [2.24, 2.45) is 0 Å². The Bertz CT molecular complexity index is 138. The van der Waals surface area contributed by atoms with E-state index in [1.807, 2.05) is 0 Å². The number of carboxylic acid groups (broad SMARTS) is 1. The van der Waals surface area contributed by atoms with Crippen molar-refractivity contribution in [3.8, 4) is 0 Å². The van der Waals surface area contributed by atoms with Gasteiger partial charge in [-0.2, -0.15) is 0 Å². The average molecular weight is 144 g/mol. The van der Waals surface area contributed by atoms with Crippen LogP contribution < -0.4 is 0 Å². The first kappa shape index (κ1) is 9.17. The Hall–Kier alpha value is -0.830. The molecule has 0 spiro atoms. The highest BCUT2D eigenvalue weighted by atomic mass is 16.4. The van der Waals surface area contributed by atoms with Crippen LogP contribution >= 0.6 is 0 Å². The second-order valence-electron chi connectivity index (χ2n) is 2.30. The van der Waals surface area contributed by atoms with Crippen molar-refractivity contribution < 1.29 is 15.0 Å². The van der Waals surface area contributed by atoms with E-state index in [0.29, 0.717) is 12.8 Å². The molecule has 0 aromatic carbocycles. The fourth-order valence-corrected chi connectivity index (χ4v) is 0.490. The number of aliphatic carboxylic acids is 1. The van der Waals surface area contributed by atoms with Crippen molar-refractivity contribution in [1.29, 1.82) is 0 Å². The summed E-state index contributed by atoms with van der Waals surface area (Å²) in [6.45, 7) is 4.94. The molecule has 0 saturated heterocycles. The van der Waals surface area contributed by atoms with Gasteiger partial charge >= 0.3 is 5.97 Å². The second-order valence-corrected chi connectivity index (χ2v) is 2.30. The zero-order valence-corrected chi connectivity index (χ0v) is 6.00. The zero-order chi connectivity index (χ0) is 8.15. The Morgan fingerprint density at radius 1 is 1.70 bits per heavy atom. The van der Waals surface area contributed by atoms with Gasteiger partial charge in [-0.05, 0) is 19.8 Å². The maximum atomic E-state index is 10.1. The first-order chi connectivity index (χ1) is 4.54. The number of hydrogen-bond acceptors (Lipinski definition) is 2. The lowest BCUT2D eigenvalue weighted by Crippen LogP contribution is -2.04. The van der Waals surface area contributed by atoms with Gasteiger partial charge in [-0.25, -0.2) is 4.79 Å². The molecule has 0 rings (SSSR count). The lowest BCUT2D eigenvalue weighted by molar-refractivity contribution is -0.132. The normalized spacial score (nSPS) is 12.6. The molecule has 0 heterocycles. The number of carboxylic acids is 1. The largest absolute Gasteiger partial charge is 0.478 e. The van der Waals surface area contributed by atoms with Crippen LogP contribution in [0.25, 0.3) is 0 Å². The molecule has 2 N–H and O–H groups in total. The zero-order valence-electron chi connectivity index (χ0n) is 6.00. The van der Waals surface area contributed by atoms with Crippen molar-refractivity contribution >= 4 is 5.97 Å². The van der Waals surface area contributed by atoms with E-state index in [2.05, 4.69) is 6.58 Å². The molecule has 58 valence electrons. The summed E-state index contributed by atoms with van der Waals surface area (Å²) >= 11 is 0. The summed E-state index contributed by atoms with van der Waals surface area (Å²) in [7, 11) is 0. The highest BCUT2D eigenvalue weighted by Crippen LogP contribution is 2.04. The van der Waals surface area contributed by atoms with Crippen molar-refractivity contribution in [2.75, 3.05) is 0 Å². The number of carbonyl (C=O) groups is 1. The summed E-state index contributed by atoms with van der Waals surface area (Å²) in [5.41, 5.74) is 0.154. The van der Waals surface area contributed by atoms with Crippen LogP contribution in [0.3, 0.4) is 0 Å². The van der Waals surface area contributed by atoms with E-state index in [4.69, 9.17) is 10.2 Å². The van der Waals surface area contributed by atoms with Crippen molar-refractivity contribution in [1.82, 2.24) is 0 Å². The van der Waals surface area contributed by atoms with Crippen molar-refractivity contribution in [3.63, 3.8) is 0 Å². The highest BCUT2D eigenvalue weighted by molar-refractivity contribution is 5.85. The predicted octanol–water partition coefficient (Wildman–Crippen LogP) is 0.788. The average Bonchev–Trinajstić information content (AvgIpc) is 1.82. The molecular formula is C7H12O3. The molecule has 0 aliphatic rings. The fourth-order valence-electron chi connectivity index (χ4n) is 0.490. The molecule has 3 nitrogen and oxygen atoms in total. The van der Waals surface area contributed by atoms with Crippen LogP contribution in [0.5, 0.6) is 0 Å². The molecule has 0 radical (unpaired) electrons.